The van der Waals surface area contributed by atoms with Gasteiger partial charge in [0.15, 0.2) is 0 Å². The lowest BCUT2D eigenvalue weighted by molar-refractivity contribution is 0.797. The molecule has 1 atom stereocenters. The second-order valence-corrected chi connectivity index (χ2v) is 4.04. The average Bonchev–Trinajstić information content (AvgIpc) is 2.71. The molecular formula is C13H14N4. The first kappa shape index (κ1) is 11.4. The fraction of sp³-hybridized carbons (Fsp3) is 0.231. The normalized spacial score (nSPS) is 12.1. The first-order valence-corrected chi connectivity index (χ1v) is 5.44. The highest BCUT2D eigenvalue weighted by Crippen LogP contribution is 2.18. The number of nitriles is 1. The molecule has 4 nitrogen and oxygen atoms in total. The zero-order chi connectivity index (χ0) is 12.4. The molecule has 1 heterocycles. The van der Waals surface area contributed by atoms with Crippen LogP contribution in [0.1, 0.15) is 29.8 Å². The third kappa shape index (κ3) is 2.05. The minimum atomic E-state index is -0.0258. The van der Waals surface area contributed by atoms with Crippen LogP contribution in [0.3, 0.4) is 0 Å². The Morgan fingerprint density at radius 2 is 2.00 bits per heavy atom. The topological polar surface area (TPSA) is 67.6 Å². The summed E-state index contributed by atoms with van der Waals surface area (Å²) in [5.74, 6) is 0. The summed E-state index contributed by atoms with van der Waals surface area (Å²) in [6.45, 7) is 3.93. The fourth-order valence-corrected chi connectivity index (χ4v) is 1.81. The number of benzene rings is 1. The first-order valence-electron chi connectivity index (χ1n) is 5.44. The molecule has 1 aromatic heterocycles. The van der Waals surface area contributed by atoms with Crippen molar-refractivity contribution >= 4 is 0 Å². The van der Waals surface area contributed by atoms with Crippen molar-refractivity contribution in [3.05, 3.63) is 47.3 Å². The van der Waals surface area contributed by atoms with Crippen molar-refractivity contribution in [2.24, 2.45) is 5.73 Å². The van der Waals surface area contributed by atoms with Crippen LogP contribution in [0.25, 0.3) is 5.69 Å². The number of hydrogen-bond donors (Lipinski definition) is 1. The number of nitrogens with zero attached hydrogens (tertiary/aromatic N) is 3. The lowest BCUT2D eigenvalue weighted by Gasteiger charge is -2.07. The number of hydrogen-bond acceptors (Lipinski definition) is 3. The van der Waals surface area contributed by atoms with Crippen molar-refractivity contribution in [1.29, 1.82) is 5.26 Å². The van der Waals surface area contributed by atoms with Gasteiger partial charge in [-0.15, -0.1) is 0 Å². The van der Waals surface area contributed by atoms with E-state index in [4.69, 9.17) is 11.0 Å². The van der Waals surface area contributed by atoms with Crippen molar-refractivity contribution in [1.82, 2.24) is 9.78 Å². The Hall–Kier alpha value is -2.12. The Morgan fingerprint density at radius 1 is 1.35 bits per heavy atom. The third-order valence-corrected chi connectivity index (χ3v) is 2.78. The van der Waals surface area contributed by atoms with Gasteiger partial charge in [-0.1, -0.05) is 0 Å². The highest BCUT2D eigenvalue weighted by molar-refractivity contribution is 5.40. The van der Waals surface area contributed by atoms with Crippen molar-refractivity contribution in [3.63, 3.8) is 0 Å². The van der Waals surface area contributed by atoms with Gasteiger partial charge in [-0.3, -0.25) is 0 Å². The van der Waals surface area contributed by atoms with Crippen molar-refractivity contribution in [2.45, 2.75) is 19.9 Å². The van der Waals surface area contributed by atoms with E-state index in [0.29, 0.717) is 5.56 Å². The Bertz CT molecular complexity index is 558. The van der Waals surface area contributed by atoms with E-state index < -0.39 is 0 Å². The lowest BCUT2D eigenvalue weighted by Crippen LogP contribution is -2.07. The van der Waals surface area contributed by atoms with E-state index in [1.165, 1.54) is 0 Å². The molecule has 0 aliphatic rings. The Labute approximate surface area is 100 Å². The summed E-state index contributed by atoms with van der Waals surface area (Å²) in [5.41, 5.74) is 9.51. The third-order valence-electron chi connectivity index (χ3n) is 2.78. The van der Waals surface area contributed by atoms with Gasteiger partial charge in [0.1, 0.15) is 0 Å². The van der Waals surface area contributed by atoms with E-state index in [1.54, 1.807) is 18.3 Å². The molecule has 4 heteroatoms. The second-order valence-electron chi connectivity index (χ2n) is 4.04. The predicted molar refractivity (Wildman–Crippen MR) is 65.6 cm³/mol. The predicted octanol–water partition coefficient (Wildman–Crippen LogP) is 2.07. The highest BCUT2D eigenvalue weighted by Gasteiger charge is 2.10. The van der Waals surface area contributed by atoms with Crippen LogP contribution in [0.15, 0.2) is 30.5 Å². The van der Waals surface area contributed by atoms with Gasteiger partial charge in [-0.2, -0.15) is 10.4 Å². The largest absolute Gasteiger partial charge is 0.324 e. The van der Waals surface area contributed by atoms with E-state index in [1.807, 2.05) is 30.7 Å². The molecule has 0 aliphatic heterocycles. The van der Waals surface area contributed by atoms with Crippen molar-refractivity contribution < 1.29 is 0 Å². The van der Waals surface area contributed by atoms with Crippen LogP contribution in [0.5, 0.6) is 0 Å². The molecule has 1 aromatic carbocycles. The van der Waals surface area contributed by atoms with Crippen molar-refractivity contribution in [2.75, 3.05) is 0 Å². The van der Waals surface area contributed by atoms with Crippen LogP contribution >= 0.6 is 0 Å². The second kappa shape index (κ2) is 4.40. The molecular weight excluding hydrogens is 212 g/mol. The Balaban J connectivity index is 2.43. The SMILES string of the molecule is Cc1c([C@@H](C)N)cnn1-c1ccc(C#N)cc1. The fourth-order valence-electron chi connectivity index (χ4n) is 1.81. The van der Waals surface area contributed by atoms with Crippen molar-refractivity contribution in [3.8, 4) is 11.8 Å². The number of aromatic nitrogens is 2. The lowest BCUT2D eigenvalue weighted by atomic mass is 10.1. The van der Waals surface area contributed by atoms with Gasteiger partial charge >= 0.3 is 0 Å². The molecule has 0 spiro atoms. The molecule has 0 amide bonds. The maximum atomic E-state index is 8.74. The minimum absolute atomic E-state index is 0.0258. The molecule has 17 heavy (non-hydrogen) atoms. The standard InChI is InChI=1S/C13H14N4/c1-9(15)13-8-16-17(10(13)2)12-5-3-11(7-14)4-6-12/h3-6,8-9H,15H2,1-2H3/t9-/m1/s1. The van der Waals surface area contributed by atoms with E-state index >= 15 is 0 Å². The molecule has 0 unspecified atom stereocenters. The van der Waals surface area contributed by atoms with Crippen LogP contribution in [-0.4, -0.2) is 9.78 Å². The molecule has 0 fully saturated rings. The Morgan fingerprint density at radius 3 is 2.47 bits per heavy atom. The first-order chi connectivity index (χ1) is 8.13. The highest BCUT2D eigenvalue weighted by atomic mass is 15.3. The molecule has 86 valence electrons. The van der Waals surface area contributed by atoms with E-state index in [2.05, 4.69) is 11.2 Å². The van der Waals surface area contributed by atoms with Gasteiger partial charge in [-0.25, -0.2) is 4.68 Å². The van der Waals surface area contributed by atoms with Gasteiger partial charge in [0.05, 0.1) is 23.5 Å². The summed E-state index contributed by atoms with van der Waals surface area (Å²) >= 11 is 0. The maximum Gasteiger partial charge on any atom is 0.0991 e. The molecule has 0 bridgehead atoms. The summed E-state index contributed by atoms with van der Waals surface area (Å²) in [7, 11) is 0. The van der Waals surface area contributed by atoms with E-state index in [-0.39, 0.29) is 6.04 Å². The molecule has 0 saturated heterocycles. The smallest absolute Gasteiger partial charge is 0.0991 e. The zero-order valence-electron chi connectivity index (χ0n) is 9.88. The van der Waals surface area contributed by atoms with Gasteiger partial charge in [0.25, 0.3) is 0 Å². The molecule has 0 aliphatic carbocycles. The minimum Gasteiger partial charge on any atom is -0.324 e. The summed E-state index contributed by atoms with van der Waals surface area (Å²) < 4.78 is 1.83. The van der Waals surface area contributed by atoms with E-state index in [0.717, 1.165) is 16.9 Å². The number of nitrogens with two attached hydrogens (primary N) is 1. The van der Waals surface area contributed by atoms with Crippen LogP contribution < -0.4 is 5.73 Å². The van der Waals surface area contributed by atoms with Gasteiger partial charge in [-0.05, 0) is 38.1 Å². The van der Waals surface area contributed by atoms with Gasteiger partial charge < -0.3 is 5.73 Å². The summed E-state index contributed by atoms with van der Waals surface area (Å²) in [4.78, 5) is 0. The van der Waals surface area contributed by atoms with Gasteiger partial charge in [0, 0.05) is 17.3 Å². The maximum absolute atomic E-state index is 8.74. The van der Waals surface area contributed by atoms with Gasteiger partial charge in [0.2, 0.25) is 0 Å². The summed E-state index contributed by atoms with van der Waals surface area (Å²) in [6.07, 6.45) is 1.79. The van der Waals surface area contributed by atoms with Crippen LogP contribution in [-0.2, 0) is 0 Å². The Kier molecular flexibility index (Phi) is 2.94. The summed E-state index contributed by atoms with van der Waals surface area (Å²) in [6, 6.07) is 9.38. The quantitative estimate of drug-likeness (QED) is 0.852. The van der Waals surface area contributed by atoms with E-state index in [9.17, 15) is 0 Å². The monoisotopic (exact) mass is 226 g/mol. The molecule has 2 aromatic rings. The molecule has 2 rings (SSSR count). The van der Waals surface area contributed by atoms with Crippen LogP contribution in [0, 0.1) is 18.3 Å². The average molecular weight is 226 g/mol. The van der Waals surface area contributed by atoms with Crippen LogP contribution in [0.2, 0.25) is 0 Å². The number of rotatable bonds is 2. The molecule has 2 N–H and O–H groups in total. The molecule has 0 saturated carbocycles. The summed E-state index contributed by atoms with van der Waals surface area (Å²) in [5, 5.41) is 13.1. The molecule has 0 radical (unpaired) electrons. The zero-order valence-corrected chi connectivity index (χ0v) is 9.88. The van der Waals surface area contributed by atoms with Crippen LogP contribution in [0.4, 0.5) is 0 Å².